The van der Waals surface area contributed by atoms with E-state index in [9.17, 15) is 19.2 Å². The van der Waals surface area contributed by atoms with E-state index < -0.39 is 11.2 Å². The molecule has 0 aromatic carbocycles. The van der Waals surface area contributed by atoms with Crippen molar-refractivity contribution in [1.82, 2.24) is 35.1 Å². The molecule has 0 saturated carbocycles. The van der Waals surface area contributed by atoms with Gasteiger partial charge >= 0.3 is 12.2 Å². The number of fused-ring (bicyclic) bond motifs is 2. The number of anilines is 2. The molecule has 8 rings (SSSR count). The lowest BCUT2D eigenvalue weighted by atomic mass is 10.0. The average Bonchev–Trinajstić information content (AvgIpc) is 4.18. The number of amides is 4. The van der Waals surface area contributed by atoms with E-state index in [0.29, 0.717) is 64.1 Å². The highest BCUT2D eigenvalue weighted by Crippen LogP contribution is 2.47. The number of hydrogen-bond donors (Lipinski definition) is 4. The minimum Gasteiger partial charge on any atom is -0.444 e. The zero-order valence-corrected chi connectivity index (χ0v) is 47.4. The van der Waals surface area contributed by atoms with Crippen LogP contribution in [-0.2, 0) is 45.0 Å². The summed E-state index contributed by atoms with van der Waals surface area (Å²) < 4.78 is 11.1. The Hall–Kier alpha value is -5.90. The second kappa shape index (κ2) is 26.0. The summed E-state index contributed by atoms with van der Waals surface area (Å²) in [5, 5.41) is 16.7. The van der Waals surface area contributed by atoms with Gasteiger partial charge in [0.05, 0.1) is 24.5 Å². The average molecular weight is 1080 g/mol. The van der Waals surface area contributed by atoms with Gasteiger partial charge in [-0.3, -0.25) is 19.6 Å². The Kier molecular flexibility index (Phi) is 20.2. The van der Waals surface area contributed by atoms with E-state index in [0.717, 1.165) is 87.4 Å². The lowest BCUT2D eigenvalue weighted by Crippen LogP contribution is -2.39. The molecule has 2 aliphatic heterocycles. The molecular formula is C54H70N10O6S4. The van der Waals surface area contributed by atoms with Gasteiger partial charge in [-0.2, -0.15) is 0 Å². The molecule has 2 aliphatic rings. The third kappa shape index (κ3) is 16.1. The second-order valence-electron chi connectivity index (χ2n) is 19.9. The largest absolute Gasteiger partial charge is 0.444 e. The van der Waals surface area contributed by atoms with Crippen LogP contribution in [0.3, 0.4) is 0 Å². The number of aromatic nitrogens is 4. The molecule has 6 aromatic heterocycles. The maximum absolute atomic E-state index is 12.9. The number of ether oxygens (including phenoxy) is 2. The second-order valence-corrected chi connectivity index (χ2v) is 23.8. The third-order valence-corrected chi connectivity index (χ3v) is 15.5. The minimum atomic E-state index is -0.552. The lowest BCUT2D eigenvalue weighted by Gasteiger charge is -2.30. The van der Waals surface area contributed by atoms with Crippen LogP contribution in [0.4, 0.5) is 19.6 Å². The quantitative estimate of drug-likeness (QED) is 0.0797. The van der Waals surface area contributed by atoms with E-state index in [1.54, 1.807) is 45.9 Å². The van der Waals surface area contributed by atoms with E-state index >= 15 is 0 Å². The lowest BCUT2D eigenvalue weighted by molar-refractivity contribution is -0.116. The molecule has 0 aliphatic carbocycles. The normalized spacial score (nSPS) is 13.9. The first-order valence-corrected chi connectivity index (χ1v) is 28.3. The Morgan fingerprint density at radius 1 is 0.757 bits per heavy atom. The summed E-state index contributed by atoms with van der Waals surface area (Å²) in [5.41, 5.74) is 11.9. The van der Waals surface area contributed by atoms with Crippen molar-refractivity contribution in [2.75, 3.05) is 30.3 Å². The topological polar surface area (TPSA) is 207 Å². The molecule has 4 amide bonds. The number of pyridine rings is 2. The van der Waals surface area contributed by atoms with Crippen LogP contribution in [0, 0.1) is 0 Å². The van der Waals surface area contributed by atoms with Crippen LogP contribution >= 0.6 is 45.3 Å². The van der Waals surface area contributed by atoms with Crippen molar-refractivity contribution in [1.29, 1.82) is 0 Å². The third-order valence-electron chi connectivity index (χ3n) is 11.5. The van der Waals surface area contributed by atoms with E-state index in [1.807, 2.05) is 83.5 Å². The summed E-state index contributed by atoms with van der Waals surface area (Å²) in [7, 11) is 0. The summed E-state index contributed by atoms with van der Waals surface area (Å²) in [6.07, 6.45) is 11.5. The Labute approximate surface area is 451 Å². The molecule has 8 heterocycles. The number of nitrogens with one attached hydrogen (secondary N) is 3. The Bertz CT molecular complexity index is 2850. The van der Waals surface area contributed by atoms with E-state index in [-0.39, 0.29) is 24.0 Å². The standard InChI is InChI=1S/C27H35N5O3S2.C23H24N4O3S2.C4H11N/c1-6-17(2)29-12-9-22(33)31-25-23(24-30-20(16-36-24)18-8-7-11-28-14-18)19-10-13-32(15-21(19)37-25)26(34)35-27(3,4)5;1-5-18(28)26-21-19(20-25-16(13-31-20)14-7-6-9-24-11-14)15-8-10-27(12-17(15)32-21)22(29)30-23(2,3)4;1-3-4(2)5/h7-8,11,14,16-17,29H,6,9-10,12-13,15H2,1-5H3,(H,31,33);5-7,9,11,13H,1,8,10,12H2,2-4H3,(H,26,28);4H,3,5H2,1-2H3/t17-;;4-/m0.0/s1. The molecule has 396 valence electrons. The molecule has 0 saturated heterocycles. The fraction of sp³-hybridized carbons (Fsp3) is 0.444. The highest BCUT2D eigenvalue weighted by Gasteiger charge is 2.33. The fourth-order valence-corrected chi connectivity index (χ4v) is 11.9. The van der Waals surface area contributed by atoms with Crippen LogP contribution in [0.25, 0.3) is 43.7 Å². The van der Waals surface area contributed by atoms with Crippen molar-refractivity contribution >= 4 is 79.4 Å². The Morgan fingerprint density at radius 3 is 1.61 bits per heavy atom. The summed E-state index contributed by atoms with van der Waals surface area (Å²) in [5.74, 6) is -0.318. The summed E-state index contributed by atoms with van der Waals surface area (Å²) in [4.78, 5) is 73.9. The molecule has 2 atom stereocenters. The predicted molar refractivity (Wildman–Crippen MR) is 302 cm³/mol. The summed E-state index contributed by atoms with van der Waals surface area (Å²) in [6.45, 7) is 25.7. The van der Waals surface area contributed by atoms with Gasteiger partial charge in [0, 0.05) is 106 Å². The molecule has 0 fully saturated rings. The number of hydrogen-bond acceptors (Lipinski definition) is 16. The SMILES string of the molecule is C=CC(=O)Nc1sc2c(c1-c1nc(-c3cccnc3)cs1)CCN(C(=O)OC(C)(C)C)C2.CC[C@H](C)N.CC[C@H](C)NCCC(=O)Nc1sc2c(c1-c1nc(-c3cccnc3)cs1)CCN(C(=O)OC(C)(C)C)C2. The summed E-state index contributed by atoms with van der Waals surface area (Å²) in [6, 6.07) is 8.48. The van der Waals surface area contributed by atoms with E-state index in [1.165, 1.54) is 40.1 Å². The van der Waals surface area contributed by atoms with Crippen molar-refractivity contribution in [3.63, 3.8) is 0 Å². The van der Waals surface area contributed by atoms with Crippen LogP contribution in [0.1, 0.15) is 109 Å². The van der Waals surface area contributed by atoms with Crippen LogP contribution in [0.2, 0.25) is 0 Å². The molecule has 74 heavy (non-hydrogen) atoms. The number of carbonyl (C=O) groups excluding carboxylic acids is 4. The van der Waals surface area contributed by atoms with Crippen molar-refractivity contribution in [3.8, 4) is 43.7 Å². The molecular weight excluding hydrogens is 1010 g/mol. The smallest absolute Gasteiger partial charge is 0.410 e. The number of thiazole rings is 2. The first-order chi connectivity index (χ1) is 35.2. The van der Waals surface area contributed by atoms with E-state index in [2.05, 4.69) is 53.3 Å². The van der Waals surface area contributed by atoms with Gasteiger partial charge in [0.15, 0.2) is 0 Å². The van der Waals surface area contributed by atoms with Gasteiger partial charge in [-0.15, -0.1) is 45.3 Å². The number of nitrogens with two attached hydrogens (primary N) is 1. The Morgan fingerprint density at radius 2 is 1.22 bits per heavy atom. The Balaban J connectivity index is 0.000000223. The first-order valence-electron chi connectivity index (χ1n) is 24.9. The van der Waals surface area contributed by atoms with Gasteiger partial charge in [-0.25, -0.2) is 19.6 Å². The zero-order chi connectivity index (χ0) is 53.7. The minimum absolute atomic E-state index is 0.0383. The van der Waals surface area contributed by atoms with Crippen molar-refractivity contribution < 1.29 is 28.7 Å². The van der Waals surface area contributed by atoms with Crippen LogP contribution < -0.4 is 21.7 Å². The van der Waals surface area contributed by atoms with Gasteiger partial charge < -0.3 is 41.0 Å². The van der Waals surface area contributed by atoms with Crippen LogP contribution in [0.15, 0.2) is 72.5 Å². The molecule has 0 unspecified atom stereocenters. The number of carbonyl (C=O) groups is 4. The highest BCUT2D eigenvalue weighted by molar-refractivity contribution is 7.19. The molecule has 0 radical (unpaired) electrons. The monoisotopic (exact) mass is 1080 g/mol. The molecule has 5 N–H and O–H groups in total. The number of thiophene rings is 2. The zero-order valence-electron chi connectivity index (χ0n) is 44.1. The predicted octanol–water partition coefficient (Wildman–Crippen LogP) is 12.0. The van der Waals surface area contributed by atoms with Gasteiger partial charge in [-0.1, -0.05) is 20.4 Å². The van der Waals surface area contributed by atoms with Gasteiger partial charge in [0.1, 0.15) is 31.2 Å². The molecule has 20 heteroatoms. The number of rotatable bonds is 13. The molecule has 6 aromatic rings. The van der Waals surface area contributed by atoms with Gasteiger partial charge in [0.25, 0.3) is 0 Å². The molecule has 16 nitrogen and oxygen atoms in total. The van der Waals surface area contributed by atoms with Crippen LogP contribution in [0.5, 0.6) is 0 Å². The van der Waals surface area contributed by atoms with E-state index in [4.69, 9.17) is 25.2 Å². The van der Waals surface area contributed by atoms with Crippen molar-refractivity contribution in [2.24, 2.45) is 5.73 Å². The maximum atomic E-state index is 12.9. The van der Waals surface area contributed by atoms with Gasteiger partial charge in [0.2, 0.25) is 11.8 Å². The highest BCUT2D eigenvalue weighted by atomic mass is 32.1. The first kappa shape index (κ1) is 57.4. The van der Waals surface area contributed by atoms with Crippen molar-refractivity contribution in [2.45, 2.75) is 138 Å². The van der Waals surface area contributed by atoms with Crippen LogP contribution in [-0.4, -0.2) is 96.7 Å². The maximum Gasteiger partial charge on any atom is 0.410 e. The number of nitrogens with zero attached hydrogens (tertiary/aromatic N) is 6. The summed E-state index contributed by atoms with van der Waals surface area (Å²) >= 11 is 6.07. The van der Waals surface area contributed by atoms with Gasteiger partial charge in [-0.05, 0) is 123 Å². The molecule has 0 bridgehead atoms. The fourth-order valence-electron chi connectivity index (χ4n) is 7.40. The molecule has 0 spiro atoms. The van der Waals surface area contributed by atoms with Crippen molar-refractivity contribution in [3.05, 3.63) is 93.3 Å².